The van der Waals surface area contributed by atoms with Crippen LogP contribution >= 0.6 is 0 Å². The zero-order valence-corrected chi connectivity index (χ0v) is 11.3. The van der Waals surface area contributed by atoms with Crippen molar-refractivity contribution < 1.29 is 9.63 Å². The number of carbonyl (C=O) groups is 1. The van der Waals surface area contributed by atoms with Gasteiger partial charge in [-0.05, 0) is 20.3 Å². The fourth-order valence-corrected chi connectivity index (χ4v) is 1.57. The molecule has 0 fully saturated rings. The first-order valence-corrected chi connectivity index (χ1v) is 6.62. The molecule has 1 unspecified atom stereocenters. The predicted molar refractivity (Wildman–Crippen MR) is 66.9 cm³/mol. The van der Waals surface area contributed by atoms with E-state index in [0.29, 0.717) is 0 Å². The van der Waals surface area contributed by atoms with Crippen molar-refractivity contribution in [3.8, 4) is 0 Å². The molecule has 0 aliphatic carbocycles. The van der Waals surface area contributed by atoms with Crippen LogP contribution in [-0.2, 0) is 9.63 Å². The van der Waals surface area contributed by atoms with Crippen LogP contribution in [0.4, 0.5) is 0 Å². The van der Waals surface area contributed by atoms with E-state index in [0.717, 1.165) is 25.9 Å². The zero-order valence-electron chi connectivity index (χ0n) is 11.3. The molecular weight excluding hydrogens is 202 g/mol. The van der Waals surface area contributed by atoms with E-state index in [9.17, 15) is 4.79 Å². The van der Waals surface area contributed by atoms with Gasteiger partial charge in [0.2, 0.25) is 0 Å². The van der Waals surface area contributed by atoms with Crippen LogP contribution in [0.25, 0.3) is 0 Å². The van der Waals surface area contributed by atoms with E-state index in [4.69, 9.17) is 4.84 Å². The third-order valence-electron chi connectivity index (χ3n) is 2.82. The Morgan fingerprint density at radius 3 is 2.25 bits per heavy atom. The first kappa shape index (κ1) is 15.4. The molecule has 16 heavy (non-hydrogen) atoms. The highest BCUT2D eigenvalue weighted by Gasteiger charge is 2.16. The van der Waals surface area contributed by atoms with Gasteiger partial charge >= 0.3 is 5.97 Å². The molecule has 0 aromatic carbocycles. The first-order chi connectivity index (χ1) is 7.65. The Morgan fingerprint density at radius 1 is 1.12 bits per heavy atom. The molecule has 0 heterocycles. The maximum Gasteiger partial charge on any atom is 0.327 e. The lowest BCUT2D eigenvalue weighted by Gasteiger charge is -2.19. The van der Waals surface area contributed by atoms with Gasteiger partial charge in [0.25, 0.3) is 0 Å². The van der Waals surface area contributed by atoms with Gasteiger partial charge in [0, 0.05) is 13.1 Å². The van der Waals surface area contributed by atoms with E-state index in [1.807, 2.05) is 20.8 Å². The monoisotopic (exact) mass is 229 g/mol. The minimum absolute atomic E-state index is 0.0254. The number of nitrogens with zero attached hydrogens (tertiary/aromatic N) is 1. The third kappa shape index (κ3) is 6.83. The summed E-state index contributed by atoms with van der Waals surface area (Å²) in [7, 11) is 0. The van der Waals surface area contributed by atoms with Crippen molar-refractivity contribution in [2.75, 3.05) is 13.1 Å². The summed E-state index contributed by atoms with van der Waals surface area (Å²) >= 11 is 0. The average Bonchev–Trinajstić information content (AvgIpc) is 2.30. The van der Waals surface area contributed by atoms with Crippen LogP contribution in [0.2, 0.25) is 0 Å². The van der Waals surface area contributed by atoms with E-state index >= 15 is 0 Å². The SMILES string of the molecule is CCCCCCC(C)C(=O)ON(CC)CC. The Kier molecular flexibility index (Phi) is 9.30. The third-order valence-corrected chi connectivity index (χ3v) is 2.82. The number of rotatable bonds is 9. The second kappa shape index (κ2) is 9.64. The second-order valence-electron chi connectivity index (χ2n) is 4.27. The number of hydrogen-bond acceptors (Lipinski definition) is 3. The summed E-state index contributed by atoms with van der Waals surface area (Å²) < 4.78 is 0. The largest absolute Gasteiger partial charge is 0.368 e. The van der Waals surface area contributed by atoms with Gasteiger partial charge in [-0.15, -0.1) is 5.06 Å². The van der Waals surface area contributed by atoms with Crippen LogP contribution in [0.5, 0.6) is 0 Å². The fourth-order valence-electron chi connectivity index (χ4n) is 1.57. The highest BCUT2D eigenvalue weighted by Crippen LogP contribution is 2.12. The molecule has 0 saturated carbocycles. The molecule has 0 amide bonds. The minimum atomic E-state index is -0.0831. The Labute approximate surface area is 100 Å². The molecule has 0 aliphatic rings. The molecular formula is C13H27NO2. The Balaban J connectivity index is 3.72. The number of hydroxylamine groups is 2. The summed E-state index contributed by atoms with van der Waals surface area (Å²) in [6, 6.07) is 0. The van der Waals surface area contributed by atoms with Crippen LogP contribution in [0.3, 0.4) is 0 Å². The maximum absolute atomic E-state index is 11.7. The molecule has 0 rings (SSSR count). The van der Waals surface area contributed by atoms with Gasteiger partial charge in [0.15, 0.2) is 0 Å². The van der Waals surface area contributed by atoms with Crippen molar-refractivity contribution >= 4 is 5.97 Å². The van der Waals surface area contributed by atoms with Crippen LogP contribution in [0, 0.1) is 5.92 Å². The van der Waals surface area contributed by atoms with Crippen LogP contribution in [0.1, 0.15) is 59.8 Å². The molecule has 1 atom stereocenters. The van der Waals surface area contributed by atoms with Gasteiger partial charge in [-0.3, -0.25) is 4.79 Å². The van der Waals surface area contributed by atoms with Gasteiger partial charge in [-0.2, -0.15) is 0 Å². The Morgan fingerprint density at radius 2 is 1.75 bits per heavy atom. The molecule has 0 spiro atoms. The quantitative estimate of drug-likeness (QED) is 0.448. The summed E-state index contributed by atoms with van der Waals surface area (Å²) in [5.74, 6) is -0.0577. The summed E-state index contributed by atoms with van der Waals surface area (Å²) in [6.45, 7) is 9.64. The smallest absolute Gasteiger partial charge is 0.327 e. The van der Waals surface area contributed by atoms with Crippen LogP contribution in [0.15, 0.2) is 0 Å². The van der Waals surface area contributed by atoms with Gasteiger partial charge in [0.1, 0.15) is 0 Å². The van der Waals surface area contributed by atoms with Gasteiger partial charge < -0.3 is 4.84 Å². The fraction of sp³-hybridized carbons (Fsp3) is 0.923. The molecule has 0 saturated heterocycles. The van der Waals surface area contributed by atoms with Crippen LogP contribution in [-0.4, -0.2) is 24.1 Å². The topological polar surface area (TPSA) is 29.5 Å². The van der Waals surface area contributed by atoms with E-state index in [-0.39, 0.29) is 11.9 Å². The molecule has 0 bridgehead atoms. The number of carbonyl (C=O) groups excluding carboxylic acids is 1. The van der Waals surface area contributed by atoms with Crippen molar-refractivity contribution in [3.05, 3.63) is 0 Å². The summed E-state index contributed by atoms with van der Waals surface area (Å²) in [5, 5.41) is 1.70. The van der Waals surface area contributed by atoms with Crippen molar-refractivity contribution in [2.24, 2.45) is 5.92 Å². The van der Waals surface area contributed by atoms with Crippen molar-refractivity contribution in [2.45, 2.75) is 59.8 Å². The van der Waals surface area contributed by atoms with Crippen molar-refractivity contribution in [1.29, 1.82) is 0 Å². The van der Waals surface area contributed by atoms with E-state index in [1.54, 1.807) is 5.06 Å². The highest BCUT2D eigenvalue weighted by molar-refractivity contribution is 5.71. The van der Waals surface area contributed by atoms with Crippen molar-refractivity contribution in [3.63, 3.8) is 0 Å². The number of unbranched alkanes of at least 4 members (excludes halogenated alkanes) is 3. The van der Waals surface area contributed by atoms with Gasteiger partial charge in [-0.25, -0.2) is 0 Å². The number of hydrogen-bond donors (Lipinski definition) is 0. The Bertz CT molecular complexity index is 179. The molecule has 0 N–H and O–H groups in total. The van der Waals surface area contributed by atoms with E-state index in [1.165, 1.54) is 19.3 Å². The molecule has 96 valence electrons. The molecule has 3 heteroatoms. The Hall–Kier alpha value is -0.570. The summed E-state index contributed by atoms with van der Waals surface area (Å²) in [5.41, 5.74) is 0. The summed E-state index contributed by atoms with van der Waals surface area (Å²) in [6.07, 6.45) is 5.79. The lowest BCUT2D eigenvalue weighted by molar-refractivity contribution is -0.193. The highest BCUT2D eigenvalue weighted by atomic mass is 16.7. The van der Waals surface area contributed by atoms with Crippen LogP contribution < -0.4 is 0 Å². The first-order valence-electron chi connectivity index (χ1n) is 6.62. The molecule has 0 aliphatic heterocycles. The maximum atomic E-state index is 11.7. The lowest BCUT2D eigenvalue weighted by atomic mass is 10.0. The van der Waals surface area contributed by atoms with E-state index in [2.05, 4.69) is 6.92 Å². The zero-order chi connectivity index (χ0) is 12.4. The standard InChI is InChI=1S/C13H27NO2/c1-5-8-9-10-11-12(4)13(15)16-14(6-2)7-3/h12H,5-11H2,1-4H3. The molecule has 0 aromatic rings. The minimum Gasteiger partial charge on any atom is -0.368 e. The lowest BCUT2D eigenvalue weighted by Crippen LogP contribution is -2.29. The van der Waals surface area contributed by atoms with Crippen molar-refractivity contribution in [1.82, 2.24) is 5.06 Å². The predicted octanol–water partition coefficient (Wildman–Crippen LogP) is 3.39. The van der Waals surface area contributed by atoms with Gasteiger partial charge in [-0.1, -0.05) is 39.5 Å². The second-order valence-corrected chi connectivity index (χ2v) is 4.27. The van der Waals surface area contributed by atoms with Gasteiger partial charge in [0.05, 0.1) is 5.92 Å². The molecule has 3 nitrogen and oxygen atoms in total. The molecule has 0 aromatic heterocycles. The average molecular weight is 229 g/mol. The summed E-state index contributed by atoms with van der Waals surface area (Å²) in [4.78, 5) is 16.9. The normalized spacial score (nSPS) is 12.8. The molecule has 0 radical (unpaired) electrons. The van der Waals surface area contributed by atoms with E-state index < -0.39 is 0 Å².